The number of hydrogen-bond acceptors (Lipinski definition) is 3. The van der Waals surface area contributed by atoms with E-state index in [4.69, 9.17) is 5.11 Å². The Labute approximate surface area is 81.6 Å². The quantitative estimate of drug-likeness (QED) is 0.589. The molecule has 0 atom stereocenters. The lowest BCUT2D eigenvalue weighted by molar-refractivity contribution is -0.384. The van der Waals surface area contributed by atoms with E-state index in [2.05, 4.69) is 0 Å². The number of non-ortho nitro benzene ring substituents is 1. The molecule has 0 saturated heterocycles. The number of nitro groups is 1. The number of benzene rings is 1. The van der Waals surface area contributed by atoms with Gasteiger partial charge in [-0.3, -0.25) is 10.1 Å². The third-order valence-electron chi connectivity index (χ3n) is 1.77. The Kier molecular flexibility index (Phi) is 3.36. The Hall–Kier alpha value is -1.68. The van der Waals surface area contributed by atoms with Gasteiger partial charge in [-0.15, -0.1) is 0 Å². The molecule has 0 aromatic heterocycles. The highest BCUT2D eigenvalue weighted by Gasteiger charge is 2.02. The molecule has 0 fully saturated rings. The molecule has 0 saturated carbocycles. The Bertz CT molecular complexity index is 354. The van der Waals surface area contributed by atoms with Crippen molar-refractivity contribution in [2.45, 2.75) is 6.92 Å². The number of hydrogen-bond donors (Lipinski definition) is 1. The maximum Gasteiger partial charge on any atom is 0.269 e. The monoisotopic (exact) mass is 193 g/mol. The van der Waals surface area contributed by atoms with Gasteiger partial charge in [-0.1, -0.05) is 6.08 Å². The third kappa shape index (κ3) is 2.67. The van der Waals surface area contributed by atoms with Crippen molar-refractivity contribution in [1.82, 2.24) is 0 Å². The molecule has 0 unspecified atom stereocenters. The maximum absolute atomic E-state index is 10.3. The van der Waals surface area contributed by atoms with Crippen LogP contribution in [-0.4, -0.2) is 16.6 Å². The minimum Gasteiger partial charge on any atom is -0.392 e. The minimum atomic E-state index is -0.438. The molecular formula is C10H11NO3. The van der Waals surface area contributed by atoms with E-state index in [9.17, 15) is 10.1 Å². The molecule has 1 N–H and O–H groups in total. The van der Waals surface area contributed by atoms with Crippen molar-refractivity contribution in [2.24, 2.45) is 0 Å². The van der Waals surface area contributed by atoms with Crippen LogP contribution in [0.3, 0.4) is 0 Å². The number of nitrogens with zero attached hydrogens (tertiary/aromatic N) is 1. The van der Waals surface area contributed by atoms with Gasteiger partial charge in [0, 0.05) is 12.1 Å². The van der Waals surface area contributed by atoms with Crippen molar-refractivity contribution >= 4 is 11.8 Å². The highest BCUT2D eigenvalue weighted by molar-refractivity contribution is 5.54. The molecule has 0 radical (unpaired) electrons. The van der Waals surface area contributed by atoms with Crippen LogP contribution in [0.1, 0.15) is 12.5 Å². The van der Waals surface area contributed by atoms with Crippen LogP contribution in [0.4, 0.5) is 5.69 Å². The first kappa shape index (κ1) is 10.4. The van der Waals surface area contributed by atoms with E-state index in [1.54, 1.807) is 25.1 Å². The predicted octanol–water partition coefficient (Wildman–Crippen LogP) is 1.99. The smallest absolute Gasteiger partial charge is 0.269 e. The summed E-state index contributed by atoms with van der Waals surface area (Å²) in [5, 5.41) is 19.1. The lowest BCUT2D eigenvalue weighted by atomic mass is 10.1. The second-order valence-electron chi connectivity index (χ2n) is 3.00. The van der Waals surface area contributed by atoms with Crippen LogP contribution in [0.2, 0.25) is 0 Å². The summed E-state index contributed by atoms with van der Waals surface area (Å²) in [4.78, 5) is 9.90. The number of aliphatic hydroxyl groups excluding tert-OH is 1. The summed E-state index contributed by atoms with van der Waals surface area (Å²) in [7, 11) is 0. The Morgan fingerprint density at radius 3 is 2.50 bits per heavy atom. The summed E-state index contributed by atoms with van der Waals surface area (Å²) in [5.41, 5.74) is 1.74. The van der Waals surface area contributed by atoms with Gasteiger partial charge < -0.3 is 5.11 Å². The Balaban J connectivity index is 2.89. The summed E-state index contributed by atoms with van der Waals surface area (Å²) >= 11 is 0. The first-order valence-electron chi connectivity index (χ1n) is 4.16. The molecule has 1 aromatic rings. The zero-order valence-corrected chi connectivity index (χ0v) is 7.80. The summed E-state index contributed by atoms with van der Waals surface area (Å²) in [5.74, 6) is 0. The molecule has 74 valence electrons. The highest BCUT2D eigenvalue weighted by Crippen LogP contribution is 2.13. The number of rotatable bonds is 3. The van der Waals surface area contributed by atoms with Gasteiger partial charge in [0.05, 0.1) is 11.5 Å². The molecule has 0 spiro atoms. The SMILES string of the molecule is CC(=Cc1ccc([N+](=O)[O-])cc1)CO. The zero-order valence-electron chi connectivity index (χ0n) is 7.80. The summed E-state index contributed by atoms with van der Waals surface area (Å²) in [6.07, 6.45) is 1.78. The third-order valence-corrected chi connectivity index (χ3v) is 1.77. The summed E-state index contributed by atoms with van der Waals surface area (Å²) in [6.45, 7) is 1.79. The van der Waals surface area contributed by atoms with Crippen molar-refractivity contribution in [2.75, 3.05) is 6.61 Å². The fourth-order valence-corrected chi connectivity index (χ4v) is 1.02. The lowest BCUT2D eigenvalue weighted by Crippen LogP contribution is -1.87. The molecule has 0 amide bonds. The average molecular weight is 193 g/mol. The van der Waals surface area contributed by atoms with Crippen molar-refractivity contribution in [3.8, 4) is 0 Å². The molecular weight excluding hydrogens is 182 g/mol. The van der Waals surface area contributed by atoms with Crippen LogP contribution in [-0.2, 0) is 0 Å². The first-order chi connectivity index (χ1) is 6.63. The minimum absolute atomic E-state index is 0.00299. The zero-order chi connectivity index (χ0) is 10.6. The van der Waals surface area contributed by atoms with Gasteiger partial charge >= 0.3 is 0 Å². The van der Waals surface area contributed by atoms with Gasteiger partial charge in [-0.2, -0.15) is 0 Å². The second kappa shape index (κ2) is 4.53. The number of aliphatic hydroxyl groups is 1. The summed E-state index contributed by atoms with van der Waals surface area (Å²) in [6, 6.07) is 6.18. The topological polar surface area (TPSA) is 63.4 Å². The fraction of sp³-hybridized carbons (Fsp3) is 0.200. The second-order valence-corrected chi connectivity index (χ2v) is 3.00. The van der Waals surface area contributed by atoms with Crippen LogP contribution in [0, 0.1) is 10.1 Å². The van der Waals surface area contributed by atoms with Crippen molar-refractivity contribution < 1.29 is 10.0 Å². The van der Waals surface area contributed by atoms with Crippen molar-refractivity contribution in [1.29, 1.82) is 0 Å². The standard InChI is InChI=1S/C10H11NO3/c1-8(7-12)6-9-2-4-10(5-3-9)11(13)14/h2-6,12H,7H2,1H3. The first-order valence-corrected chi connectivity index (χ1v) is 4.16. The highest BCUT2D eigenvalue weighted by atomic mass is 16.6. The molecule has 4 nitrogen and oxygen atoms in total. The van der Waals surface area contributed by atoms with Crippen LogP contribution in [0.5, 0.6) is 0 Å². The molecule has 0 bridgehead atoms. The fourth-order valence-electron chi connectivity index (χ4n) is 1.02. The predicted molar refractivity (Wildman–Crippen MR) is 53.8 cm³/mol. The molecule has 14 heavy (non-hydrogen) atoms. The van der Waals surface area contributed by atoms with Gasteiger partial charge in [-0.25, -0.2) is 0 Å². The van der Waals surface area contributed by atoms with Crippen molar-refractivity contribution in [3.63, 3.8) is 0 Å². The van der Waals surface area contributed by atoms with Gasteiger partial charge in [0.15, 0.2) is 0 Å². The van der Waals surface area contributed by atoms with Gasteiger partial charge in [-0.05, 0) is 30.2 Å². The van der Waals surface area contributed by atoms with Gasteiger partial charge in [0.1, 0.15) is 0 Å². The Morgan fingerprint density at radius 2 is 2.07 bits per heavy atom. The Morgan fingerprint density at radius 1 is 1.50 bits per heavy atom. The van der Waals surface area contributed by atoms with E-state index in [0.717, 1.165) is 11.1 Å². The normalized spacial score (nSPS) is 11.4. The van der Waals surface area contributed by atoms with E-state index in [-0.39, 0.29) is 12.3 Å². The molecule has 0 aliphatic carbocycles. The molecule has 0 aliphatic heterocycles. The number of nitro benzene ring substituents is 1. The van der Waals surface area contributed by atoms with Gasteiger partial charge in [0.25, 0.3) is 5.69 Å². The average Bonchev–Trinajstić information content (AvgIpc) is 2.18. The molecule has 4 heteroatoms. The molecule has 1 aromatic carbocycles. The molecule has 0 heterocycles. The largest absolute Gasteiger partial charge is 0.392 e. The van der Waals surface area contributed by atoms with Crippen LogP contribution in [0.15, 0.2) is 29.8 Å². The van der Waals surface area contributed by atoms with E-state index in [0.29, 0.717) is 0 Å². The van der Waals surface area contributed by atoms with Crippen LogP contribution >= 0.6 is 0 Å². The van der Waals surface area contributed by atoms with E-state index in [1.165, 1.54) is 12.1 Å². The van der Waals surface area contributed by atoms with E-state index < -0.39 is 4.92 Å². The van der Waals surface area contributed by atoms with E-state index >= 15 is 0 Å². The van der Waals surface area contributed by atoms with Gasteiger partial charge in [0.2, 0.25) is 0 Å². The molecule has 0 aliphatic rings. The summed E-state index contributed by atoms with van der Waals surface area (Å²) < 4.78 is 0. The molecule has 1 rings (SSSR count). The van der Waals surface area contributed by atoms with Crippen LogP contribution < -0.4 is 0 Å². The van der Waals surface area contributed by atoms with Crippen LogP contribution in [0.25, 0.3) is 6.08 Å². The van der Waals surface area contributed by atoms with Crippen molar-refractivity contribution in [3.05, 3.63) is 45.5 Å². The lowest BCUT2D eigenvalue weighted by Gasteiger charge is -1.96. The maximum atomic E-state index is 10.3. The van der Waals surface area contributed by atoms with E-state index in [1.807, 2.05) is 0 Å².